The molecule has 0 aliphatic carbocycles. The molecule has 0 aromatic heterocycles. The Morgan fingerprint density at radius 2 is 1.67 bits per heavy atom. The molecule has 0 heterocycles. The molecule has 0 aliphatic heterocycles. The highest BCUT2D eigenvalue weighted by Crippen LogP contribution is 2.27. The van der Waals surface area contributed by atoms with Gasteiger partial charge in [0, 0.05) is 12.1 Å². The van der Waals surface area contributed by atoms with E-state index in [1.165, 1.54) is 25.3 Å². The lowest BCUT2D eigenvalue weighted by atomic mass is 10.1. The van der Waals surface area contributed by atoms with Crippen molar-refractivity contribution in [3.05, 3.63) is 42.0 Å². The molecule has 0 aliphatic rings. The van der Waals surface area contributed by atoms with Gasteiger partial charge in [-0.1, -0.05) is 0 Å². The number of aryl methyl sites for hydroxylation is 1. The van der Waals surface area contributed by atoms with Gasteiger partial charge in [-0.15, -0.1) is 0 Å². The molecule has 0 radical (unpaired) electrons. The molecule has 1 amide bonds. The number of primary sulfonamides is 1. The predicted octanol–water partition coefficient (Wildman–Crippen LogP) is 1.93. The number of ether oxygens (including phenoxy) is 3. The highest BCUT2D eigenvalue weighted by molar-refractivity contribution is 7.89. The molecular weight excluding hydrogens is 372 g/mol. The number of hydrogen-bond acceptors (Lipinski definition) is 6. The van der Waals surface area contributed by atoms with Crippen LogP contribution in [0.4, 0.5) is 5.69 Å². The number of hydrogen-bond donors (Lipinski definition) is 2. The number of anilines is 1. The number of nitrogens with two attached hydrogens (primary N) is 1. The lowest BCUT2D eigenvalue weighted by Crippen LogP contribution is -2.16. The molecule has 2 aromatic carbocycles. The first kappa shape index (κ1) is 20.5. The minimum absolute atomic E-state index is 0.108. The van der Waals surface area contributed by atoms with Crippen molar-refractivity contribution in [2.45, 2.75) is 17.7 Å². The first-order chi connectivity index (χ1) is 12.8. The van der Waals surface area contributed by atoms with Gasteiger partial charge in [0.1, 0.15) is 22.1 Å². The molecule has 0 spiro atoms. The fourth-order valence-corrected chi connectivity index (χ4v) is 3.25. The minimum Gasteiger partial charge on any atom is -0.497 e. The van der Waals surface area contributed by atoms with Crippen LogP contribution in [-0.2, 0) is 21.2 Å². The van der Waals surface area contributed by atoms with Gasteiger partial charge in [0.05, 0.1) is 21.3 Å². The largest absolute Gasteiger partial charge is 0.497 e. The van der Waals surface area contributed by atoms with Gasteiger partial charge in [0.25, 0.3) is 0 Å². The maximum absolute atomic E-state index is 12.3. The first-order valence-corrected chi connectivity index (χ1v) is 9.54. The molecular formula is C18H22N2O6S. The van der Waals surface area contributed by atoms with Crippen LogP contribution in [-0.4, -0.2) is 35.7 Å². The van der Waals surface area contributed by atoms with Crippen molar-refractivity contribution in [3.8, 4) is 17.2 Å². The van der Waals surface area contributed by atoms with E-state index >= 15 is 0 Å². The zero-order valence-electron chi connectivity index (χ0n) is 15.3. The smallest absolute Gasteiger partial charge is 0.241 e. The predicted molar refractivity (Wildman–Crippen MR) is 101 cm³/mol. The zero-order chi connectivity index (χ0) is 20.0. The van der Waals surface area contributed by atoms with Crippen molar-refractivity contribution < 1.29 is 27.4 Å². The van der Waals surface area contributed by atoms with Crippen LogP contribution < -0.4 is 24.7 Å². The summed E-state index contributed by atoms with van der Waals surface area (Å²) < 4.78 is 38.8. The summed E-state index contributed by atoms with van der Waals surface area (Å²) in [6.45, 7) is 0. The van der Waals surface area contributed by atoms with Gasteiger partial charge in [-0.25, -0.2) is 13.6 Å². The van der Waals surface area contributed by atoms with Crippen molar-refractivity contribution in [1.29, 1.82) is 0 Å². The maximum atomic E-state index is 12.3. The topological polar surface area (TPSA) is 117 Å². The van der Waals surface area contributed by atoms with Gasteiger partial charge >= 0.3 is 0 Å². The molecule has 0 fully saturated rings. The standard InChI is InChI=1S/C18H22N2O6S/c1-24-14-6-8-15(25-2)12(10-14)4-9-18(21)20-13-5-7-16(26-3)17(11-13)27(19,22)23/h5-8,10-11H,4,9H2,1-3H3,(H,20,21)(H2,19,22,23). The summed E-state index contributed by atoms with van der Waals surface area (Å²) in [5.41, 5.74) is 1.13. The summed E-state index contributed by atoms with van der Waals surface area (Å²) >= 11 is 0. The van der Waals surface area contributed by atoms with Crippen molar-refractivity contribution >= 4 is 21.6 Å². The molecule has 0 unspecified atom stereocenters. The van der Waals surface area contributed by atoms with Crippen LogP contribution in [0.1, 0.15) is 12.0 Å². The molecule has 0 bridgehead atoms. The third-order valence-corrected chi connectivity index (χ3v) is 4.79. The Morgan fingerprint density at radius 3 is 2.26 bits per heavy atom. The number of nitrogens with one attached hydrogen (secondary N) is 1. The molecule has 2 rings (SSSR count). The maximum Gasteiger partial charge on any atom is 0.241 e. The van der Waals surface area contributed by atoms with Gasteiger partial charge in [-0.05, 0) is 48.4 Å². The summed E-state index contributed by atoms with van der Waals surface area (Å²) in [6, 6.07) is 9.58. The van der Waals surface area contributed by atoms with Crippen LogP contribution in [0.15, 0.2) is 41.3 Å². The monoisotopic (exact) mass is 394 g/mol. The number of methoxy groups -OCH3 is 3. The average molecular weight is 394 g/mol. The van der Waals surface area contributed by atoms with Gasteiger partial charge < -0.3 is 19.5 Å². The van der Waals surface area contributed by atoms with E-state index in [-0.39, 0.29) is 23.0 Å². The quantitative estimate of drug-likeness (QED) is 0.707. The highest BCUT2D eigenvalue weighted by Gasteiger charge is 2.16. The molecule has 3 N–H and O–H groups in total. The van der Waals surface area contributed by atoms with E-state index < -0.39 is 10.0 Å². The van der Waals surface area contributed by atoms with Gasteiger partial charge in [0.2, 0.25) is 15.9 Å². The van der Waals surface area contributed by atoms with E-state index in [4.69, 9.17) is 19.3 Å². The molecule has 0 saturated heterocycles. The summed E-state index contributed by atoms with van der Waals surface area (Å²) in [4.78, 5) is 12.1. The van der Waals surface area contributed by atoms with E-state index in [1.54, 1.807) is 32.4 Å². The van der Waals surface area contributed by atoms with Crippen molar-refractivity contribution in [2.24, 2.45) is 5.14 Å². The summed E-state index contributed by atoms with van der Waals surface area (Å²) in [7, 11) is 0.468. The Labute approximate surface area is 158 Å². The van der Waals surface area contributed by atoms with E-state index in [1.807, 2.05) is 0 Å². The van der Waals surface area contributed by atoms with Crippen LogP contribution >= 0.6 is 0 Å². The number of rotatable bonds is 8. The van der Waals surface area contributed by atoms with E-state index in [0.29, 0.717) is 23.6 Å². The fraction of sp³-hybridized carbons (Fsp3) is 0.278. The van der Waals surface area contributed by atoms with Gasteiger partial charge in [-0.3, -0.25) is 4.79 Å². The first-order valence-electron chi connectivity index (χ1n) is 8.00. The minimum atomic E-state index is -3.98. The molecule has 8 nitrogen and oxygen atoms in total. The second-order valence-corrected chi connectivity index (χ2v) is 7.17. The Balaban J connectivity index is 2.11. The summed E-state index contributed by atoms with van der Waals surface area (Å²) in [5.74, 6) is 1.14. The fourth-order valence-electron chi connectivity index (χ4n) is 2.53. The summed E-state index contributed by atoms with van der Waals surface area (Å²) in [5, 5.41) is 7.84. The Kier molecular flexibility index (Phi) is 6.65. The lowest BCUT2D eigenvalue weighted by molar-refractivity contribution is -0.116. The summed E-state index contributed by atoms with van der Waals surface area (Å²) in [6.07, 6.45) is 0.588. The van der Waals surface area contributed by atoms with E-state index in [0.717, 1.165) is 5.56 Å². The number of carbonyl (C=O) groups excluding carboxylic acids is 1. The van der Waals surface area contributed by atoms with Gasteiger partial charge in [0.15, 0.2) is 0 Å². The number of benzene rings is 2. The molecule has 146 valence electrons. The Bertz CT molecular complexity index is 927. The SMILES string of the molecule is COc1ccc(OC)c(CCC(=O)Nc2ccc(OC)c(S(N)(=O)=O)c2)c1. The van der Waals surface area contributed by atoms with E-state index in [9.17, 15) is 13.2 Å². The zero-order valence-corrected chi connectivity index (χ0v) is 16.1. The second-order valence-electron chi connectivity index (χ2n) is 5.64. The second kappa shape index (κ2) is 8.74. The van der Waals surface area contributed by atoms with E-state index in [2.05, 4.69) is 5.32 Å². The number of amides is 1. The molecule has 0 atom stereocenters. The molecule has 0 saturated carbocycles. The third kappa shape index (κ3) is 5.35. The van der Waals surface area contributed by atoms with Gasteiger partial charge in [-0.2, -0.15) is 0 Å². The average Bonchev–Trinajstić information content (AvgIpc) is 2.65. The lowest BCUT2D eigenvalue weighted by Gasteiger charge is -2.12. The van der Waals surface area contributed by atoms with Crippen molar-refractivity contribution in [1.82, 2.24) is 0 Å². The van der Waals surface area contributed by atoms with Crippen LogP contribution in [0.3, 0.4) is 0 Å². The molecule has 9 heteroatoms. The number of sulfonamides is 1. The van der Waals surface area contributed by atoms with Crippen LogP contribution in [0.25, 0.3) is 0 Å². The van der Waals surface area contributed by atoms with Crippen molar-refractivity contribution in [2.75, 3.05) is 26.6 Å². The molecule has 2 aromatic rings. The Hall–Kier alpha value is -2.78. The van der Waals surface area contributed by atoms with Crippen LogP contribution in [0, 0.1) is 0 Å². The van der Waals surface area contributed by atoms with Crippen LogP contribution in [0.2, 0.25) is 0 Å². The Morgan fingerprint density at radius 1 is 1.00 bits per heavy atom. The normalized spacial score (nSPS) is 11.0. The number of carbonyl (C=O) groups is 1. The van der Waals surface area contributed by atoms with Crippen molar-refractivity contribution in [3.63, 3.8) is 0 Å². The highest BCUT2D eigenvalue weighted by atomic mass is 32.2. The third-order valence-electron chi connectivity index (χ3n) is 3.86. The van der Waals surface area contributed by atoms with Crippen LogP contribution in [0.5, 0.6) is 17.2 Å². The molecule has 27 heavy (non-hydrogen) atoms.